The van der Waals surface area contributed by atoms with E-state index < -0.39 is 4.33 Å². The fraction of sp³-hybridized carbons (Fsp3) is 0.833. The summed E-state index contributed by atoms with van der Waals surface area (Å²) in [5, 5.41) is 0. The maximum absolute atomic E-state index is 10.9. The zero-order valence-electron chi connectivity index (χ0n) is 4.99. The van der Waals surface area contributed by atoms with Crippen LogP contribution < -0.4 is 0 Å². The fourth-order valence-electron chi connectivity index (χ4n) is 0.955. The van der Waals surface area contributed by atoms with Crippen molar-refractivity contribution in [2.24, 2.45) is 0 Å². The van der Waals surface area contributed by atoms with Gasteiger partial charge in [-0.1, -0.05) is 23.2 Å². The van der Waals surface area contributed by atoms with Gasteiger partial charge in [0.15, 0.2) is 10.1 Å². The van der Waals surface area contributed by atoms with Gasteiger partial charge in [0.05, 0.1) is 0 Å². The van der Waals surface area contributed by atoms with E-state index >= 15 is 0 Å². The number of alkyl halides is 2. The maximum atomic E-state index is 10.9. The molecule has 1 fully saturated rings. The van der Waals surface area contributed by atoms with E-state index in [1.807, 2.05) is 0 Å². The minimum Gasteiger partial charge on any atom is -0.296 e. The molecule has 0 aromatic rings. The molecule has 0 aromatic heterocycles. The summed E-state index contributed by atoms with van der Waals surface area (Å²) in [5.41, 5.74) is 0. The number of hydrogen-bond donors (Lipinski definition) is 0. The lowest BCUT2D eigenvalue weighted by Crippen LogP contribution is -2.29. The number of rotatable bonds is 0. The summed E-state index contributed by atoms with van der Waals surface area (Å²) in [6, 6.07) is 0. The number of carbonyl (C=O) groups is 1. The molecule has 0 aliphatic heterocycles. The van der Waals surface area contributed by atoms with Gasteiger partial charge in [0.1, 0.15) is 0 Å². The molecule has 0 bridgehead atoms. The average Bonchev–Trinajstić information content (AvgIpc) is 1.77. The van der Waals surface area contributed by atoms with Crippen molar-refractivity contribution >= 4 is 29.0 Å². The van der Waals surface area contributed by atoms with Gasteiger partial charge >= 0.3 is 0 Å². The molecular formula is C6H8Cl2O. The molecule has 1 aliphatic rings. The normalized spacial score (nSPS) is 26.2. The van der Waals surface area contributed by atoms with Crippen LogP contribution >= 0.6 is 23.2 Å². The van der Waals surface area contributed by atoms with Crippen LogP contribution in [0, 0.1) is 0 Å². The van der Waals surface area contributed by atoms with Crippen molar-refractivity contribution in [2.45, 2.75) is 30.0 Å². The second kappa shape index (κ2) is 2.47. The first kappa shape index (κ1) is 7.36. The van der Waals surface area contributed by atoms with Crippen LogP contribution in [0.3, 0.4) is 0 Å². The Morgan fingerprint density at radius 2 is 2.00 bits per heavy atom. The lowest BCUT2D eigenvalue weighted by molar-refractivity contribution is -0.120. The summed E-state index contributed by atoms with van der Waals surface area (Å²) in [6.45, 7) is 0. The molecule has 3 heteroatoms. The van der Waals surface area contributed by atoms with Crippen LogP contribution in [0.25, 0.3) is 0 Å². The van der Waals surface area contributed by atoms with Gasteiger partial charge < -0.3 is 0 Å². The van der Waals surface area contributed by atoms with E-state index in [9.17, 15) is 4.79 Å². The van der Waals surface area contributed by atoms with E-state index in [2.05, 4.69) is 0 Å². The molecule has 1 nitrogen and oxygen atoms in total. The standard InChI is InChI=1S/C6H8Cl2O/c7-6(8)4-2-1-3-5(6)9/h1-4H2. The summed E-state index contributed by atoms with van der Waals surface area (Å²) < 4.78 is -1.06. The highest BCUT2D eigenvalue weighted by atomic mass is 35.5. The number of carbonyl (C=O) groups excluding carboxylic acids is 1. The predicted molar refractivity (Wildman–Crippen MR) is 37.9 cm³/mol. The Balaban J connectivity index is 2.60. The first-order valence-corrected chi connectivity index (χ1v) is 3.80. The topological polar surface area (TPSA) is 17.1 Å². The van der Waals surface area contributed by atoms with Crippen LogP contribution in [-0.2, 0) is 4.79 Å². The number of halogens is 2. The van der Waals surface area contributed by atoms with Crippen molar-refractivity contribution < 1.29 is 4.79 Å². The number of ketones is 1. The molecule has 0 amide bonds. The van der Waals surface area contributed by atoms with Gasteiger partial charge in [-0.3, -0.25) is 4.79 Å². The summed E-state index contributed by atoms with van der Waals surface area (Å²) in [7, 11) is 0. The van der Waals surface area contributed by atoms with Crippen molar-refractivity contribution in [3.8, 4) is 0 Å². The Kier molecular flexibility index (Phi) is 2.02. The average molecular weight is 167 g/mol. The van der Waals surface area contributed by atoms with Crippen LogP contribution in [-0.4, -0.2) is 10.1 Å². The molecule has 1 saturated carbocycles. The van der Waals surface area contributed by atoms with Gasteiger partial charge in [0.25, 0.3) is 0 Å². The SMILES string of the molecule is O=C1CCCCC1(Cl)Cl. The zero-order valence-corrected chi connectivity index (χ0v) is 6.50. The van der Waals surface area contributed by atoms with Crippen LogP contribution in [0.1, 0.15) is 25.7 Å². The molecule has 0 aromatic carbocycles. The van der Waals surface area contributed by atoms with Gasteiger partial charge in [-0.15, -0.1) is 0 Å². The van der Waals surface area contributed by atoms with Gasteiger partial charge in [-0.05, 0) is 19.3 Å². The maximum Gasteiger partial charge on any atom is 0.175 e. The van der Waals surface area contributed by atoms with E-state index in [1.165, 1.54) is 0 Å². The lowest BCUT2D eigenvalue weighted by Gasteiger charge is -2.22. The quantitative estimate of drug-likeness (QED) is 0.506. The molecule has 0 radical (unpaired) electrons. The zero-order chi connectivity index (χ0) is 6.91. The summed E-state index contributed by atoms with van der Waals surface area (Å²) in [6.07, 6.45) is 3.08. The Bertz CT molecular complexity index is 131. The first-order valence-electron chi connectivity index (χ1n) is 3.04. The highest BCUT2D eigenvalue weighted by Gasteiger charge is 2.34. The van der Waals surface area contributed by atoms with Crippen LogP contribution in [0.5, 0.6) is 0 Å². The van der Waals surface area contributed by atoms with Crippen molar-refractivity contribution in [3.63, 3.8) is 0 Å². The van der Waals surface area contributed by atoms with Crippen LogP contribution in [0.15, 0.2) is 0 Å². The van der Waals surface area contributed by atoms with E-state index in [0.717, 1.165) is 12.8 Å². The molecule has 0 heterocycles. The number of hydrogen-bond acceptors (Lipinski definition) is 1. The highest BCUT2D eigenvalue weighted by Crippen LogP contribution is 2.34. The summed E-state index contributed by atoms with van der Waals surface area (Å²) >= 11 is 11.3. The third kappa shape index (κ3) is 1.59. The molecule has 1 aliphatic carbocycles. The van der Waals surface area contributed by atoms with Gasteiger partial charge in [-0.25, -0.2) is 0 Å². The van der Waals surface area contributed by atoms with Crippen molar-refractivity contribution in [3.05, 3.63) is 0 Å². The Labute approximate surface area is 64.3 Å². The molecule has 1 rings (SSSR count). The predicted octanol–water partition coefficient (Wildman–Crippen LogP) is 2.30. The summed E-state index contributed by atoms with van der Waals surface area (Å²) in [5.74, 6) is -0.0166. The minimum absolute atomic E-state index is 0.0166. The minimum atomic E-state index is -1.06. The van der Waals surface area contributed by atoms with Gasteiger partial charge in [0.2, 0.25) is 0 Å². The van der Waals surface area contributed by atoms with Gasteiger partial charge in [0, 0.05) is 6.42 Å². The van der Waals surface area contributed by atoms with E-state index in [4.69, 9.17) is 23.2 Å². The monoisotopic (exact) mass is 166 g/mol. The Morgan fingerprint density at radius 1 is 1.33 bits per heavy atom. The number of Topliss-reactive ketones (excluding diaryl/α,β-unsaturated/α-hetero) is 1. The van der Waals surface area contributed by atoms with Crippen LogP contribution in [0.4, 0.5) is 0 Å². The highest BCUT2D eigenvalue weighted by molar-refractivity contribution is 6.58. The van der Waals surface area contributed by atoms with Crippen molar-refractivity contribution in [2.75, 3.05) is 0 Å². The van der Waals surface area contributed by atoms with Crippen LogP contribution in [0.2, 0.25) is 0 Å². The van der Waals surface area contributed by atoms with Gasteiger partial charge in [-0.2, -0.15) is 0 Å². The molecule has 0 N–H and O–H groups in total. The second-order valence-corrected chi connectivity index (χ2v) is 3.82. The molecule has 0 unspecified atom stereocenters. The Hall–Kier alpha value is 0.250. The van der Waals surface area contributed by atoms with E-state index in [1.54, 1.807) is 0 Å². The second-order valence-electron chi connectivity index (χ2n) is 2.33. The third-order valence-electron chi connectivity index (χ3n) is 1.55. The molecule has 52 valence electrons. The molecule has 9 heavy (non-hydrogen) atoms. The Morgan fingerprint density at radius 3 is 2.33 bits per heavy atom. The molecule has 0 atom stereocenters. The van der Waals surface area contributed by atoms with Crippen molar-refractivity contribution in [1.29, 1.82) is 0 Å². The van der Waals surface area contributed by atoms with Crippen molar-refractivity contribution in [1.82, 2.24) is 0 Å². The van der Waals surface area contributed by atoms with E-state index in [-0.39, 0.29) is 5.78 Å². The van der Waals surface area contributed by atoms with E-state index in [0.29, 0.717) is 12.8 Å². The third-order valence-corrected chi connectivity index (χ3v) is 2.35. The lowest BCUT2D eigenvalue weighted by atomic mass is 9.98. The fourth-order valence-corrected chi connectivity index (χ4v) is 1.41. The molecule has 0 saturated heterocycles. The first-order chi connectivity index (χ1) is 4.13. The summed E-state index contributed by atoms with van der Waals surface area (Å²) in [4.78, 5) is 10.9. The smallest absolute Gasteiger partial charge is 0.175 e. The molecular weight excluding hydrogens is 159 g/mol. The largest absolute Gasteiger partial charge is 0.296 e. The molecule has 0 spiro atoms.